The standard InChI is InChI=1S/C9H10ClNO3/c1-2-13-8(12)5-3-4-7-6-14-9(10)11-7/h3-4,6H,2,5H2,1H3/b4-3-. The molecule has 1 aromatic rings. The predicted molar refractivity (Wildman–Crippen MR) is 51.8 cm³/mol. The Kier molecular flexibility index (Phi) is 4.19. The van der Waals surface area contributed by atoms with Crippen LogP contribution in [-0.2, 0) is 9.53 Å². The van der Waals surface area contributed by atoms with Crippen LogP contribution in [-0.4, -0.2) is 17.6 Å². The molecular formula is C9H10ClNO3. The monoisotopic (exact) mass is 215 g/mol. The van der Waals surface area contributed by atoms with E-state index in [0.29, 0.717) is 12.3 Å². The fourth-order valence-corrected chi connectivity index (χ4v) is 0.978. The largest absolute Gasteiger partial charge is 0.466 e. The van der Waals surface area contributed by atoms with Crippen LogP contribution in [0.2, 0.25) is 5.35 Å². The third-order valence-electron chi connectivity index (χ3n) is 1.37. The molecule has 14 heavy (non-hydrogen) atoms. The van der Waals surface area contributed by atoms with Crippen LogP contribution < -0.4 is 0 Å². The number of rotatable bonds is 4. The fourth-order valence-electron chi connectivity index (χ4n) is 0.836. The third-order valence-corrected chi connectivity index (χ3v) is 1.55. The normalized spacial score (nSPS) is 10.7. The zero-order valence-corrected chi connectivity index (χ0v) is 8.45. The molecule has 0 atom stereocenters. The van der Waals surface area contributed by atoms with Crippen LogP contribution >= 0.6 is 11.6 Å². The molecule has 0 spiro atoms. The first-order chi connectivity index (χ1) is 6.72. The van der Waals surface area contributed by atoms with Gasteiger partial charge in [0.2, 0.25) is 0 Å². The van der Waals surface area contributed by atoms with Crippen molar-refractivity contribution in [2.24, 2.45) is 0 Å². The Morgan fingerprint density at radius 3 is 3.14 bits per heavy atom. The molecule has 0 aliphatic carbocycles. The van der Waals surface area contributed by atoms with Gasteiger partial charge in [-0.05, 0) is 24.6 Å². The maximum Gasteiger partial charge on any atom is 0.309 e. The number of hydrogen-bond donors (Lipinski definition) is 0. The lowest BCUT2D eigenvalue weighted by atomic mass is 10.3. The molecule has 1 heterocycles. The van der Waals surface area contributed by atoms with Gasteiger partial charge in [0.15, 0.2) is 0 Å². The summed E-state index contributed by atoms with van der Waals surface area (Å²) >= 11 is 5.45. The summed E-state index contributed by atoms with van der Waals surface area (Å²) in [4.78, 5) is 14.7. The quantitative estimate of drug-likeness (QED) is 0.724. The van der Waals surface area contributed by atoms with Crippen LogP contribution in [0.15, 0.2) is 16.8 Å². The number of aromatic nitrogens is 1. The Morgan fingerprint density at radius 2 is 2.57 bits per heavy atom. The van der Waals surface area contributed by atoms with Crippen molar-refractivity contribution in [1.29, 1.82) is 0 Å². The minimum atomic E-state index is -0.265. The molecular weight excluding hydrogens is 206 g/mol. The van der Waals surface area contributed by atoms with Crippen molar-refractivity contribution in [3.63, 3.8) is 0 Å². The van der Waals surface area contributed by atoms with E-state index in [9.17, 15) is 4.79 Å². The Bertz CT molecular complexity index is 333. The minimum absolute atomic E-state index is 0.0841. The minimum Gasteiger partial charge on any atom is -0.466 e. The van der Waals surface area contributed by atoms with Gasteiger partial charge in [-0.1, -0.05) is 6.08 Å². The summed E-state index contributed by atoms with van der Waals surface area (Å²) < 4.78 is 9.48. The van der Waals surface area contributed by atoms with E-state index in [4.69, 9.17) is 20.8 Å². The maximum absolute atomic E-state index is 10.9. The van der Waals surface area contributed by atoms with Crippen molar-refractivity contribution in [3.8, 4) is 0 Å². The molecule has 1 rings (SSSR count). The fraction of sp³-hybridized carbons (Fsp3) is 0.333. The smallest absolute Gasteiger partial charge is 0.309 e. The number of oxazole rings is 1. The van der Waals surface area contributed by atoms with Gasteiger partial charge < -0.3 is 9.15 Å². The lowest BCUT2D eigenvalue weighted by molar-refractivity contribution is -0.142. The average molecular weight is 216 g/mol. The third kappa shape index (κ3) is 3.62. The van der Waals surface area contributed by atoms with Crippen LogP contribution in [0, 0.1) is 0 Å². The molecule has 5 heteroatoms. The Hall–Kier alpha value is -1.29. The highest BCUT2D eigenvalue weighted by molar-refractivity contribution is 6.27. The van der Waals surface area contributed by atoms with Crippen molar-refractivity contribution in [2.45, 2.75) is 13.3 Å². The summed E-state index contributed by atoms with van der Waals surface area (Å²) in [6, 6.07) is 0. The highest BCUT2D eigenvalue weighted by Crippen LogP contribution is 2.08. The second-order valence-corrected chi connectivity index (χ2v) is 2.76. The second-order valence-electron chi connectivity index (χ2n) is 2.44. The topological polar surface area (TPSA) is 52.3 Å². The van der Waals surface area contributed by atoms with Gasteiger partial charge in [-0.25, -0.2) is 0 Å². The van der Waals surface area contributed by atoms with Gasteiger partial charge in [-0.3, -0.25) is 4.79 Å². The Labute approximate surface area is 86.5 Å². The van der Waals surface area contributed by atoms with Crippen molar-refractivity contribution >= 4 is 23.6 Å². The second kappa shape index (κ2) is 5.44. The molecule has 0 unspecified atom stereocenters. The van der Waals surface area contributed by atoms with Gasteiger partial charge in [0, 0.05) is 0 Å². The van der Waals surface area contributed by atoms with Crippen molar-refractivity contribution in [1.82, 2.24) is 4.98 Å². The van der Waals surface area contributed by atoms with Crippen molar-refractivity contribution < 1.29 is 13.9 Å². The molecule has 4 nitrogen and oxygen atoms in total. The molecule has 0 N–H and O–H groups in total. The van der Waals surface area contributed by atoms with Crippen LogP contribution in [0.5, 0.6) is 0 Å². The van der Waals surface area contributed by atoms with Crippen LogP contribution in [0.25, 0.3) is 6.08 Å². The summed E-state index contributed by atoms with van der Waals surface area (Å²) in [7, 11) is 0. The number of esters is 1. The maximum atomic E-state index is 10.9. The first-order valence-corrected chi connectivity index (χ1v) is 4.53. The van der Waals surface area contributed by atoms with E-state index in [1.165, 1.54) is 6.26 Å². The first kappa shape index (κ1) is 10.8. The van der Waals surface area contributed by atoms with E-state index >= 15 is 0 Å². The van der Waals surface area contributed by atoms with E-state index in [2.05, 4.69) is 4.98 Å². The summed E-state index contributed by atoms with van der Waals surface area (Å²) in [6.45, 7) is 2.15. The highest BCUT2D eigenvalue weighted by Gasteiger charge is 1.98. The van der Waals surface area contributed by atoms with E-state index in [1.54, 1.807) is 19.1 Å². The summed E-state index contributed by atoms with van der Waals surface area (Å²) in [5, 5.41) is 0.0841. The van der Waals surface area contributed by atoms with Gasteiger partial charge in [0.25, 0.3) is 5.35 Å². The molecule has 0 aromatic carbocycles. The molecule has 0 fully saturated rings. The molecule has 0 radical (unpaired) electrons. The molecule has 1 aromatic heterocycles. The van der Waals surface area contributed by atoms with Gasteiger partial charge in [0.1, 0.15) is 12.0 Å². The zero-order valence-electron chi connectivity index (χ0n) is 7.70. The Balaban J connectivity index is 2.37. The molecule has 0 saturated heterocycles. The molecule has 0 aliphatic heterocycles. The number of carbonyl (C=O) groups is 1. The number of halogens is 1. The van der Waals surface area contributed by atoms with E-state index in [-0.39, 0.29) is 17.7 Å². The predicted octanol–water partition coefficient (Wildman–Crippen LogP) is 2.29. The van der Waals surface area contributed by atoms with Gasteiger partial charge in [-0.2, -0.15) is 4.98 Å². The number of ether oxygens (including phenoxy) is 1. The van der Waals surface area contributed by atoms with Gasteiger partial charge >= 0.3 is 5.97 Å². The van der Waals surface area contributed by atoms with Crippen LogP contribution in [0.3, 0.4) is 0 Å². The Morgan fingerprint density at radius 1 is 1.79 bits per heavy atom. The van der Waals surface area contributed by atoms with E-state index < -0.39 is 0 Å². The van der Waals surface area contributed by atoms with Crippen LogP contribution in [0.4, 0.5) is 0 Å². The highest BCUT2D eigenvalue weighted by atomic mass is 35.5. The van der Waals surface area contributed by atoms with Gasteiger partial charge in [-0.15, -0.1) is 0 Å². The van der Waals surface area contributed by atoms with Gasteiger partial charge in [0.05, 0.1) is 13.0 Å². The average Bonchev–Trinajstić information content (AvgIpc) is 2.52. The molecule has 0 bridgehead atoms. The van der Waals surface area contributed by atoms with Crippen molar-refractivity contribution in [2.75, 3.05) is 6.61 Å². The molecule has 76 valence electrons. The summed E-state index contributed by atoms with van der Waals surface area (Å²) in [5.74, 6) is -0.265. The van der Waals surface area contributed by atoms with E-state index in [1.807, 2.05) is 0 Å². The lowest BCUT2D eigenvalue weighted by Gasteiger charge is -1.95. The number of nitrogens with zero attached hydrogens (tertiary/aromatic N) is 1. The molecule has 0 saturated carbocycles. The SMILES string of the molecule is CCOC(=O)C/C=C\c1coc(Cl)n1. The lowest BCUT2D eigenvalue weighted by Crippen LogP contribution is -2.01. The number of hydrogen-bond acceptors (Lipinski definition) is 4. The number of carbonyl (C=O) groups excluding carboxylic acids is 1. The molecule has 0 amide bonds. The molecule has 0 aliphatic rings. The summed E-state index contributed by atoms with van der Waals surface area (Å²) in [5.41, 5.74) is 0.583. The first-order valence-electron chi connectivity index (χ1n) is 4.15. The van der Waals surface area contributed by atoms with Crippen LogP contribution in [0.1, 0.15) is 19.0 Å². The summed E-state index contributed by atoms with van der Waals surface area (Å²) in [6.07, 6.45) is 4.92. The zero-order chi connectivity index (χ0) is 10.4. The van der Waals surface area contributed by atoms with E-state index in [0.717, 1.165) is 0 Å². The van der Waals surface area contributed by atoms with Crippen molar-refractivity contribution in [3.05, 3.63) is 23.4 Å².